The van der Waals surface area contributed by atoms with Crippen LogP contribution in [0.1, 0.15) is 62.5 Å². The van der Waals surface area contributed by atoms with Crippen LogP contribution in [0.5, 0.6) is 0 Å². The third-order valence-corrected chi connectivity index (χ3v) is 5.61. The number of halogens is 3. The molecule has 0 bridgehead atoms. The maximum Gasteiger partial charge on any atom is 0.416 e. The molecule has 2 aliphatic rings. The Morgan fingerprint density at radius 3 is 2.36 bits per heavy atom. The van der Waals surface area contributed by atoms with E-state index in [1.807, 2.05) is 0 Å². The third kappa shape index (κ3) is 5.72. The fraction of sp³-hybridized carbons (Fsp3) is 0.619. The number of hydrogen-bond donors (Lipinski definition) is 1. The van der Waals surface area contributed by atoms with E-state index in [1.54, 1.807) is 6.07 Å². The number of nitrogens with zero attached hydrogens (tertiary/aromatic N) is 1. The second kappa shape index (κ2) is 8.97. The molecule has 7 heteroatoms. The van der Waals surface area contributed by atoms with E-state index in [-0.39, 0.29) is 36.5 Å². The number of benzene rings is 1. The molecule has 154 valence electrons. The van der Waals surface area contributed by atoms with Gasteiger partial charge in [-0.2, -0.15) is 13.2 Å². The summed E-state index contributed by atoms with van der Waals surface area (Å²) in [4.78, 5) is 26.2. The molecular weight excluding hydrogens is 369 g/mol. The van der Waals surface area contributed by atoms with E-state index in [1.165, 1.54) is 23.5 Å². The van der Waals surface area contributed by atoms with Crippen LogP contribution in [0.4, 0.5) is 13.2 Å². The van der Waals surface area contributed by atoms with Crippen LogP contribution in [-0.2, 0) is 22.3 Å². The first-order chi connectivity index (χ1) is 13.3. The van der Waals surface area contributed by atoms with Crippen molar-refractivity contribution in [1.82, 2.24) is 10.2 Å². The molecule has 4 nitrogen and oxygen atoms in total. The molecule has 0 aromatic heterocycles. The van der Waals surface area contributed by atoms with E-state index in [2.05, 4.69) is 5.32 Å². The van der Waals surface area contributed by atoms with Crippen molar-refractivity contribution in [2.45, 2.75) is 70.1 Å². The fourth-order valence-electron chi connectivity index (χ4n) is 3.93. The first-order valence-electron chi connectivity index (χ1n) is 10.1. The van der Waals surface area contributed by atoms with Crippen molar-refractivity contribution < 1.29 is 22.8 Å². The SMILES string of the molecule is O=C(CC1CCCCC1)NCC(=O)N(Cc1ccccc1C(F)(F)F)C1CC1. The molecule has 0 radical (unpaired) electrons. The third-order valence-electron chi connectivity index (χ3n) is 5.61. The molecule has 28 heavy (non-hydrogen) atoms. The normalized spacial score (nSPS) is 18.0. The highest BCUT2D eigenvalue weighted by molar-refractivity contribution is 5.85. The van der Waals surface area contributed by atoms with Crippen LogP contribution in [-0.4, -0.2) is 29.3 Å². The molecule has 0 atom stereocenters. The van der Waals surface area contributed by atoms with E-state index < -0.39 is 11.7 Å². The number of nitrogens with one attached hydrogen (secondary N) is 1. The number of rotatable bonds is 7. The summed E-state index contributed by atoms with van der Waals surface area (Å²) in [5.41, 5.74) is -0.626. The smallest absolute Gasteiger partial charge is 0.347 e. The van der Waals surface area contributed by atoms with Gasteiger partial charge in [-0.15, -0.1) is 0 Å². The molecule has 3 rings (SSSR count). The summed E-state index contributed by atoms with van der Waals surface area (Å²) >= 11 is 0. The Morgan fingerprint density at radius 2 is 1.71 bits per heavy atom. The molecule has 2 amide bonds. The van der Waals surface area contributed by atoms with Crippen molar-refractivity contribution in [3.05, 3.63) is 35.4 Å². The van der Waals surface area contributed by atoms with Crippen LogP contribution < -0.4 is 5.32 Å². The summed E-state index contributed by atoms with van der Waals surface area (Å²) in [5, 5.41) is 2.67. The first-order valence-corrected chi connectivity index (χ1v) is 10.1. The summed E-state index contributed by atoms with van der Waals surface area (Å²) in [7, 11) is 0. The molecule has 2 fully saturated rings. The maximum absolute atomic E-state index is 13.2. The topological polar surface area (TPSA) is 49.4 Å². The molecule has 0 heterocycles. The summed E-state index contributed by atoms with van der Waals surface area (Å²) in [6.45, 7) is -0.242. The Morgan fingerprint density at radius 1 is 1.04 bits per heavy atom. The quantitative estimate of drug-likeness (QED) is 0.748. The Hall–Kier alpha value is -2.05. The van der Waals surface area contributed by atoms with Gasteiger partial charge >= 0.3 is 6.18 Å². The molecule has 0 aliphatic heterocycles. The average Bonchev–Trinajstić information content (AvgIpc) is 3.49. The minimum atomic E-state index is -4.46. The highest BCUT2D eigenvalue weighted by Gasteiger charge is 2.37. The van der Waals surface area contributed by atoms with Crippen LogP contribution in [0.3, 0.4) is 0 Å². The van der Waals surface area contributed by atoms with Crippen molar-refractivity contribution in [2.24, 2.45) is 5.92 Å². The second-order valence-electron chi connectivity index (χ2n) is 7.89. The standard InChI is InChI=1S/C21H27F3N2O2/c22-21(23,24)18-9-5-4-8-16(18)14-26(17-10-11-17)20(28)13-25-19(27)12-15-6-2-1-3-7-15/h4-5,8-9,15,17H,1-3,6-7,10-14H2,(H,25,27). The van der Waals surface area contributed by atoms with Gasteiger partial charge in [0, 0.05) is 19.0 Å². The van der Waals surface area contributed by atoms with Gasteiger partial charge in [0.15, 0.2) is 0 Å². The van der Waals surface area contributed by atoms with Gasteiger partial charge in [-0.1, -0.05) is 37.5 Å². The fourth-order valence-corrected chi connectivity index (χ4v) is 3.93. The van der Waals surface area contributed by atoms with E-state index in [0.717, 1.165) is 44.6 Å². The lowest BCUT2D eigenvalue weighted by Gasteiger charge is -2.25. The van der Waals surface area contributed by atoms with Crippen molar-refractivity contribution in [3.63, 3.8) is 0 Å². The van der Waals surface area contributed by atoms with Gasteiger partial charge in [0.05, 0.1) is 12.1 Å². The zero-order valence-electron chi connectivity index (χ0n) is 15.9. The number of hydrogen-bond acceptors (Lipinski definition) is 2. The summed E-state index contributed by atoms with van der Waals surface area (Å²) in [6.07, 6.45) is 3.14. The van der Waals surface area contributed by atoms with Gasteiger partial charge in [0.25, 0.3) is 0 Å². The van der Waals surface area contributed by atoms with Crippen LogP contribution in [0.15, 0.2) is 24.3 Å². The molecule has 0 unspecified atom stereocenters. The molecule has 1 aromatic carbocycles. The van der Waals surface area contributed by atoms with E-state index in [4.69, 9.17) is 0 Å². The van der Waals surface area contributed by atoms with Gasteiger partial charge in [-0.25, -0.2) is 0 Å². The maximum atomic E-state index is 13.2. The number of amides is 2. The predicted octanol–water partition coefficient (Wildman–Crippen LogP) is 4.28. The van der Waals surface area contributed by atoms with Crippen LogP contribution in [0.2, 0.25) is 0 Å². The molecular formula is C21H27F3N2O2. The van der Waals surface area contributed by atoms with Gasteiger partial charge in [-0.3, -0.25) is 9.59 Å². The first kappa shape index (κ1) is 20.7. The van der Waals surface area contributed by atoms with Crippen molar-refractivity contribution >= 4 is 11.8 Å². The van der Waals surface area contributed by atoms with Gasteiger partial charge in [-0.05, 0) is 43.2 Å². The van der Waals surface area contributed by atoms with Crippen LogP contribution >= 0.6 is 0 Å². The van der Waals surface area contributed by atoms with Crippen molar-refractivity contribution in [2.75, 3.05) is 6.54 Å². The van der Waals surface area contributed by atoms with Crippen LogP contribution in [0, 0.1) is 5.92 Å². The van der Waals surface area contributed by atoms with Crippen molar-refractivity contribution in [1.29, 1.82) is 0 Å². The number of alkyl halides is 3. The average molecular weight is 396 g/mol. The lowest BCUT2D eigenvalue weighted by atomic mass is 9.87. The Kier molecular flexibility index (Phi) is 6.62. The largest absolute Gasteiger partial charge is 0.416 e. The molecule has 1 aromatic rings. The lowest BCUT2D eigenvalue weighted by molar-refractivity contribution is -0.140. The van der Waals surface area contributed by atoms with Crippen LogP contribution in [0.25, 0.3) is 0 Å². The number of carbonyl (C=O) groups excluding carboxylic acids is 2. The molecule has 2 saturated carbocycles. The second-order valence-corrected chi connectivity index (χ2v) is 7.89. The minimum absolute atomic E-state index is 0.0379. The lowest BCUT2D eigenvalue weighted by Crippen LogP contribution is -2.41. The van der Waals surface area contributed by atoms with Gasteiger partial charge < -0.3 is 10.2 Å². The van der Waals surface area contributed by atoms with Gasteiger partial charge in [0.1, 0.15) is 0 Å². The van der Waals surface area contributed by atoms with Gasteiger partial charge in [0.2, 0.25) is 11.8 Å². The molecule has 1 N–H and O–H groups in total. The van der Waals surface area contributed by atoms with E-state index in [9.17, 15) is 22.8 Å². The molecule has 2 aliphatic carbocycles. The monoisotopic (exact) mass is 396 g/mol. The predicted molar refractivity (Wildman–Crippen MR) is 99.2 cm³/mol. The Labute approximate surface area is 163 Å². The highest BCUT2D eigenvalue weighted by atomic mass is 19.4. The number of carbonyl (C=O) groups is 2. The summed E-state index contributed by atoms with van der Waals surface area (Å²) in [5.74, 6) is -0.0924. The molecule has 0 spiro atoms. The highest BCUT2D eigenvalue weighted by Crippen LogP contribution is 2.34. The van der Waals surface area contributed by atoms with Crippen molar-refractivity contribution in [3.8, 4) is 0 Å². The Balaban J connectivity index is 1.57. The Bertz CT molecular complexity index is 695. The summed E-state index contributed by atoms with van der Waals surface area (Å²) < 4.78 is 39.7. The zero-order chi connectivity index (χ0) is 20.1. The van der Waals surface area contributed by atoms with E-state index in [0.29, 0.717) is 12.3 Å². The van der Waals surface area contributed by atoms with E-state index >= 15 is 0 Å². The summed E-state index contributed by atoms with van der Waals surface area (Å²) in [6, 6.07) is 5.31. The zero-order valence-corrected chi connectivity index (χ0v) is 15.9. The minimum Gasteiger partial charge on any atom is -0.347 e. The molecule has 0 saturated heterocycles.